The monoisotopic (exact) mass is 846 g/mol. The predicted octanol–water partition coefficient (Wildman–Crippen LogP) is 6.02. The molecule has 0 radical (unpaired) electrons. The Balaban J connectivity index is 0.800. The summed E-state index contributed by atoms with van der Waals surface area (Å²) in [4.78, 5) is 76.4. The molecule has 0 spiro atoms. The van der Waals surface area contributed by atoms with E-state index in [0.29, 0.717) is 43.4 Å². The van der Waals surface area contributed by atoms with Gasteiger partial charge in [0.25, 0.3) is 11.8 Å². The van der Waals surface area contributed by atoms with Crippen molar-refractivity contribution < 1.29 is 38.6 Å². The van der Waals surface area contributed by atoms with Crippen molar-refractivity contribution in [1.82, 2.24) is 25.1 Å². The molecule has 7 rings (SSSR count). The molecule has 14 nitrogen and oxygen atoms in total. The average molecular weight is 847 g/mol. The van der Waals surface area contributed by atoms with E-state index in [1.54, 1.807) is 49.6 Å². The number of ether oxygens (including phenoxy) is 2. The van der Waals surface area contributed by atoms with Crippen LogP contribution >= 0.6 is 11.3 Å². The first-order chi connectivity index (χ1) is 29.3. The number of benzene rings is 2. The van der Waals surface area contributed by atoms with Crippen LogP contribution < -0.4 is 20.5 Å². The van der Waals surface area contributed by atoms with Crippen molar-refractivity contribution in [1.29, 1.82) is 0 Å². The highest BCUT2D eigenvalue weighted by atomic mass is 32.1. The number of amides is 5. The Bertz CT molecular complexity index is 2370. The minimum Gasteiger partial charge on any atom is -0.493 e. The lowest BCUT2D eigenvalue weighted by atomic mass is 9.97. The SMILES string of the molecule is CC(C)(O)C#Cc1cccc(COc2cc(-c3cnc(C4CCN(C(=O)CCCCCCCOc5cccc6c5C(=O)N(C5CCC(=O)NC5=O)C6=O)CC4)s3)cnc2N)c1. The maximum absolute atomic E-state index is 13.3. The lowest BCUT2D eigenvalue weighted by molar-refractivity contribution is -0.136. The number of carbonyl (C=O) groups excluding carboxylic acids is 5. The van der Waals surface area contributed by atoms with Gasteiger partial charge in [-0.15, -0.1) is 11.3 Å². The smallest absolute Gasteiger partial charge is 0.266 e. The fourth-order valence-electron chi connectivity index (χ4n) is 7.67. The molecule has 318 valence electrons. The number of likely N-dealkylation sites (tertiary alicyclic amines) is 1. The summed E-state index contributed by atoms with van der Waals surface area (Å²) < 4.78 is 12.0. The number of fused-ring (bicyclic) bond motifs is 1. The molecule has 1 atom stereocenters. The van der Waals surface area contributed by atoms with Crippen molar-refractivity contribution >= 4 is 46.7 Å². The summed E-state index contributed by atoms with van der Waals surface area (Å²) in [6, 6.07) is 13.3. The molecule has 2 fully saturated rings. The first kappa shape index (κ1) is 43.0. The first-order valence-electron chi connectivity index (χ1n) is 20.8. The van der Waals surface area contributed by atoms with Crippen LogP contribution in [0.3, 0.4) is 0 Å². The molecule has 15 heteroatoms. The maximum atomic E-state index is 13.3. The number of hydrogen-bond acceptors (Lipinski definition) is 12. The molecular weight excluding hydrogens is 797 g/mol. The first-order valence-corrected chi connectivity index (χ1v) is 21.6. The van der Waals surface area contributed by atoms with Crippen molar-refractivity contribution in [3.8, 4) is 33.8 Å². The van der Waals surface area contributed by atoms with Gasteiger partial charge in [-0.05, 0) is 81.8 Å². The number of nitrogens with two attached hydrogens (primary N) is 1. The van der Waals surface area contributed by atoms with Crippen molar-refractivity contribution in [3.05, 3.63) is 88.2 Å². The van der Waals surface area contributed by atoms with E-state index in [4.69, 9.17) is 20.2 Å². The van der Waals surface area contributed by atoms with Crippen LogP contribution in [0.15, 0.2) is 60.9 Å². The van der Waals surface area contributed by atoms with E-state index in [9.17, 15) is 29.1 Å². The Morgan fingerprint density at radius 3 is 2.49 bits per heavy atom. The standard InChI is InChI=1S/C46H50N6O8S/c1-46(2,58)20-17-29-10-8-11-30(24-29)28-60-36-25-32(26-48-41(36)47)37-27-49-43(61-37)31-18-21-51(22-19-31)39(54)14-6-4-3-5-7-23-59-35-13-9-12-33-40(35)45(57)52(44(33)56)34-15-16-38(53)50-42(34)55/h8-13,24-27,31,34,58H,3-7,14-16,18-19,21-23,28H2,1-2H3,(H2,47,48)(H,50,53,55). The summed E-state index contributed by atoms with van der Waals surface area (Å²) in [5, 5.41) is 13.2. The summed E-state index contributed by atoms with van der Waals surface area (Å²) in [5.74, 6) is 5.14. The van der Waals surface area contributed by atoms with Crippen LogP contribution in [0.5, 0.6) is 11.5 Å². The number of rotatable bonds is 15. The molecule has 0 bridgehead atoms. The Hall–Kier alpha value is -6.11. The molecule has 4 N–H and O–H groups in total. The van der Waals surface area contributed by atoms with Gasteiger partial charge in [0.2, 0.25) is 17.7 Å². The van der Waals surface area contributed by atoms with Crippen LogP contribution in [0.2, 0.25) is 0 Å². The number of carbonyl (C=O) groups is 5. The Morgan fingerprint density at radius 2 is 1.70 bits per heavy atom. The summed E-state index contributed by atoms with van der Waals surface area (Å²) >= 11 is 1.63. The molecule has 2 aromatic carbocycles. The zero-order valence-corrected chi connectivity index (χ0v) is 35.2. The third kappa shape index (κ3) is 10.6. The number of aliphatic hydroxyl groups is 1. The van der Waals surface area contributed by atoms with Gasteiger partial charge in [-0.3, -0.25) is 34.2 Å². The maximum Gasteiger partial charge on any atom is 0.266 e. The van der Waals surface area contributed by atoms with Crippen molar-refractivity contribution in [2.24, 2.45) is 0 Å². The average Bonchev–Trinajstić information content (AvgIpc) is 3.84. The zero-order valence-electron chi connectivity index (χ0n) is 34.4. The largest absolute Gasteiger partial charge is 0.493 e. The van der Waals surface area contributed by atoms with Gasteiger partial charge in [0.05, 0.1) is 27.6 Å². The van der Waals surface area contributed by atoms with Crippen LogP contribution in [-0.4, -0.2) is 85.7 Å². The molecule has 5 heterocycles. The molecule has 3 aliphatic heterocycles. The third-order valence-corrected chi connectivity index (χ3v) is 12.2. The normalized spacial score (nSPS) is 16.9. The van der Waals surface area contributed by atoms with E-state index in [0.717, 1.165) is 76.4 Å². The number of nitrogen functional groups attached to an aromatic ring is 1. The quantitative estimate of drug-likeness (QED) is 0.0720. The number of nitrogens with one attached hydrogen (secondary N) is 1. The number of anilines is 1. The van der Waals surface area contributed by atoms with E-state index in [2.05, 4.69) is 22.1 Å². The highest BCUT2D eigenvalue weighted by Gasteiger charge is 2.46. The number of nitrogens with zero attached hydrogens (tertiary/aromatic N) is 4. The fraction of sp³-hybridized carbons (Fsp3) is 0.413. The number of pyridine rings is 1. The predicted molar refractivity (Wildman–Crippen MR) is 229 cm³/mol. The second kappa shape index (κ2) is 19.1. The van der Waals surface area contributed by atoms with Crippen LogP contribution in [0.4, 0.5) is 5.82 Å². The summed E-state index contributed by atoms with van der Waals surface area (Å²) in [6.07, 6.45) is 10.2. The van der Waals surface area contributed by atoms with Crippen LogP contribution in [0.25, 0.3) is 10.4 Å². The van der Waals surface area contributed by atoms with Gasteiger partial charge >= 0.3 is 0 Å². The third-order valence-electron chi connectivity index (χ3n) is 10.9. The molecule has 61 heavy (non-hydrogen) atoms. The van der Waals surface area contributed by atoms with E-state index >= 15 is 0 Å². The minimum absolute atomic E-state index is 0.0587. The lowest BCUT2D eigenvalue weighted by Crippen LogP contribution is -2.54. The second-order valence-electron chi connectivity index (χ2n) is 16.1. The second-order valence-corrected chi connectivity index (χ2v) is 17.2. The highest BCUT2D eigenvalue weighted by Crippen LogP contribution is 2.37. The number of piperidine rings is 2. The van der Waals surface area contributed by atoms with Gasteiger partial charge in [0, 0.05) is 55.4 Å². The molecule has 0 saturated carbocycles. The van der Waals surface area contributed by atoms with Gasteiger partial charge in [0.15, 0.2) is 11.6 Å². The molecule has 0 aliphatic carbocycles. The molecular formula is C46H50N6O8S. The van der Waals surface area contributed by atoms with Crippen molar-refractivity contribution in [2.45, 2.75) is 102 Å². The Labute approximate surface area is 358 Å². The van der Waals surface area contributed by atoms with E-state index in [-0.39, 0.29) is 42.4 Å². The van der Waals surface area contributed by atoms with Gasteiger partial charge in [-0.1, -0.05) is 49.3 Å². The highest BCUT2D eigenvalue weighted by molar-refractivity contribution is 7.15. The number of thiazole rings is 1. The van der Waals surface area contributed by atoms with Gasteiger partial charge in [-0.25, -0.2) is 9.97 Å². The number of unbranched alkanes of at least 4 members (excludes halogenated alkanes) is 4. The number of aromatic nitrogens is 2. The molecule has 4 aromatic rings. The van der Waals surface area contributed by atoms with E-state index in [1.165, 1.54) is 0 Å². The van der Waals surface area contributed by atoms with E-state index < -0.39 is 35.3 Å². The molecule has 5 amide bonds. The molecule has 3 aliphatic rings. The topological polar surface area (TPSA) is 194 Å². The van der Waals surface area contributed by atoms with Crippen molar-refractivity contribution in [3.63, 3.8) is 0 Å². The zero-order chi connectivity index (χ0) is 43.1. The molecule has 2 saturated heterocycles. The van der Waals surface area contributed by atoms with Crippen molar-refractivity contribution in [2.75, 3.05) is 25.4 Å². The van der Waals surface area contributed by atoms with Crippen LogP contribution in [0, 0.1) is 11.8 Å². The number of imide groups is 2. The Kier molecular flexibility index (Phi) is 13.4. The summed E-state index contributed by atoms with van der Waals surface area (Å²) in [5.41, 5.74) is 8.00. The Morgan fingerprint density at radius 1 is 0.934 bits per heavy atom. The van der Waals surface area contributed by atoms with Gasteiger partial charge in [0.1, 0.15) is 24.0 Å². The van der Waals surface area contributed by atoms with Gasteiger partial charge < -0.3 is 25.2 Å². The van der Waals surface area contributed by atoms with E-state index in [1.807, 2.05) is 41.4 Å². The molecule has 2 aromatic heterocycles. The van der Waals surface area contributed by atoms with Crippen LogP contribution in [-0.2, 0) is 21.0 Å². The molecule has 1 unspecified atom stereocenters. The number of hydrogen-bond donors (Lipinski definition) is 3. The lowest BCUT2D eigenvalue weighted by Gasteiger charge is -2.31. The van der Waals surface area contributed by atoms with Crippen LogP contribution in [0.1, 0.15) is 121 Å². The summed E-state index contributed by atoms with van der Waals surface area (Å²) in [7, 11) is 0. The summed E-state index contributed by atoms with van der Waals surface area (Å²) in [6.45, 7) is 5.32. The minimum atomic E-state index is -1.08. The fourth-order valence-corrected chi connectivity index (χ4v) is 8.74. The van der Waals surface area contributed by atoms with Gasteiger partial charge in [-0.2, -0.15) is 0 Å².